The topological polar surface area (TPSA) is 84.1 Å². The van der Waals surface area contributed by atoms with Gasteiger partial charge >= 0.3 is 0 Å². The fraction of sp³-hybridized carbons (Fsp3) is 0.556. The normalized spacial score (nSPS) is 19.2. The Hall–Kier alpha value is -2.28. The molecule has 1 saturated heterocycles. The summed E-state index contributed by atoms with van der Waals surface area (Å²) in [6, 6.07) is 9.13. The van der Waals surface area contributed by atoms with Crippen molar-refractivity contribution in [3.05, 3.63) is 30.3 Å². The Morgan fingerprint density at radius 1 is 1.32 bits per heavy atom. The van der Waals surface area contributed by atoms with Gasteiger partial charge in [0.15, 0.2) is 6.04 Å². The number of piperidine rings is 1. The molecule has 2 heterocycles. The smallest absolute Gasteiger partial charge is 0.249 e. The van der Waals surface area contributed by atoms with Crippen LogP contribution in [-0.4, -0.2) is 55.8 Å². The standard InChI is InChI=1S/C18H25N5O2/c1-13(2)16(18(25)22-10-6-7-14(11-22)12-24)23-20-17(19-21-23)15-8-4-3-5-9-15/h3-5,8-9,13-14,16,24H,6-7,10-12H2,1-2H3. The van der Waals surface area contributed by atoms with E-state index in [1.54, 1.807) is 0 Å². The number of carbonyl (C=O) groups is 1. The van der Waals surface area contributed by atoms with Crippen molar-refractivity contribution in [1.82, 2.24) is 25.1 Å². The minimum Gasteiger partial charge on any atom is -0.396 e. The predicted molar refractivity (Wildman–Crippen MR) is 93.5 cm³/mol. The van der Waals surface area contributed by atoms with Gasteiger partial charge in [-0.15, -0.1) is 10.2 Å². The van der Waals surface area contributed by atoms with Crippen LogP contribution in [-0.2, 0) is 4.79 Å². The van der Waals surface area contributed by atoms with Crippen molar-refractivity contribution in [2.24, 2.45) is 11.8 Å². The SMILES string of the molecule is CC(C)C(C(=O)N1CCCC(CO)C1)n1nnc(-c2ccccc2)n1. The van der Waals surface area contributed by atoms with Gasteiger partial charge < -0.3 is 10.0 Å². The Labute approximate surface area is 147 Å². The average Bonchev–Trinajstić information content (AvgIpc) is 3.12. The lowest BCUT2D eigenvalue weighted by molar-refractivity contribution is -0.139. The van der Waals surface area contributed by atoms with E-state index in [1.165, 1.54) is 4.80 Å². The van der Waals surface area contributed by atoms with Crippen molar-refractivity contribution >= 4 is 5.91 Å². The number of nitrogens with zero attached hydrogens (tertiary/aromatic N) is 5. The van der Waals surface area contributed by atoms with Crippen LogP contribution >= 0.6 is 0 Å². The van der Waals surface area contributed by atoms with E-state index in [-0.39, 0.29) is 24.3 Å². The molecule has 1 amide bonds. The molecule has 1 aromatic carbocycles. The van der Waals surface area contributed by atoms with E-state index in [0.717, 1.165) is 24.9 Å². The first-order valence-electron chi connectivity index (χ1n) is 8.84. The molecule has 2 unspecified atom stereocenters. The molecule has 2 atom stereocenters. The number of carbonyl (C=O) groups excluding carboxylic acids is 1. The molecule has 2 aromatic rings. The van der Waals surface area contributed by atoms with Gasteiger partial charge in [-0.2, -0.15) is 4.80 Å². The first-order chi connectivity index (χ1) is 12.1. The quantitative estimate of drug-likeness (QED) is 0.894. The zero-order valence-corrected chi connectivity index (χ0v) is 14.7. The predicted octanol–water partition coefficient (Wildman–Crippen LogP) is 1.77. The Bertz CT molecular complexity index is 701. The van der Waals surface area contributed by atoms with E-state index in [0.29, 0.717) is 12.4 Å². The number of hydrogen-bond acceptors (Lipinski definition) is 5. The minimum absolute atomic E-state index is 0.00478. The van der Waals surface area contributed by atoms with Crippen molar-refractivity contribution in [1.29, 1.82) is 0 Å². The van der Waals surface area contributed by atoms with Crippen LogP contribution in [0.5, 0.6) is 0 Å². The molecule has 0 spiro atoms. The number of aromatic nitrogens is 4. The van der Waals surface area contributed by atoms with Crippen molar-refractivity contribution in [2.75, 3.05) is 19.7 Å². The van der Waals surface area contributed by atoms with Gasteiger partial charge in [0.25, 0.3) is 0 Å². The molecule has 0 radical (unpaired) electrons. The molecule has 1 aliphatic rings. The highest BCUT2D eigenvalue weighted by Crippen LogP contribution is 2.24. The molecule has 1 N–H and O–H groups in total. The molecule has 1 fully saturated rings. The van der Waals surface area contributed by atoms with E-state index >= 15 is 0 Å². The first-order valence-corrected chi connectivity index (χ1v) is 8.84. The molecule has 1 aliphatic heterocycles. The van der Waals surface area contributed by atoms with Crippen LogP contribution in [0.15, 0.2) is 30.3 Å². The molecule has 0 saturated carbocycles. The maximum atomic E-state index is 13.1. The fourth-order valence-electron chi connectivity index (χ4n) is 3.30. The van der Waals surface area contributed by atoms with Crippen LogP contribution in [0, 0.1) is 11.8 Å². The summed E-state index contributed by atoms with van der Waals surface area (Å²) in [5.41, 5.74) is 0.877. The Morgan fingerprint density at radius 3 is 2.76 bits per heavy atom. The van der Waals surface area contributed by atoms with Crippen LogP contribution in [0.2, 0.25) is 0 Å². The van der Waals surface area contributed by atoms with Crippen LogP contribution < -0.4 is 0 Å². The van der Waals surface area contributed by atoms with Crippen molar-refractivity contribution in [3.8, 4) is 11.4 Å². The third-order valence-corrected chi connectivity index (χ3v) is 4.68. The molecule has 0 bridgehead atoms. The van der Waals surface area contributed by atoms with Crippen LogP contribution in [0.3, 0.4) is 0 Å². The molecule has 0 aliphatic carbocycles. The summed E-state index contributed by atoms with van der Waals surface area (Å²) in [6.45, 7) is 5.41. The van der Waals surface area contributed by atoms with Gasteiger partial charge in [-0.3, -0.25) is 4.79 Å². The van der Waals surface area contributed by atoms with Gasteiger partial charge in [-0.1, -0.05) is 44.2 Å². The molecular weight excluding hydrogens is 318 g/mol. The Kier molecular flexibility index (Phi) is 5.43. The molecule has 3 rings (SSSR count). The molecular formula is C18H25N5O2. The fourth-order valence-corrected chi connectivity index (χ4v) is 3.30. The van der Waals surface area contributed by atoms with E-state index in [1.807, 2.05) is 49.1 Å². The van der Waals surface area contributed by atoms with Crippen LogP contribution in [0.25, 0.3) is 11.4 Å². The number of benzene rings is 1. The number of aliphatic hydroxyl groups is 1. The zero-order chi connectivity index (χ0) is 17.8. The van der Waals surface area contributed by atoms with Crippen molar-refractivity contribution < 1.29 is 9.90 Å². The molecule has 134 valence electrons. The minimum atomic E-state index is -0.484. The third-order valence-electron chi connectivity index (χ3n) is 4.68. The number of amides is 1. The second-order valence-electron chi connectivity index (χ2n) is 6.96. The van der Waals surface area contributed by atoms with E-state index in [9.17, 15) is 9.90 Å². The number of aliphatic hydroxyl groups excluding tert-OH is 1. The summed E-state index contributed by atoms with van der Waals surface area (Å²) in [5.74, 6) is 0.727. The van der Waals surface area contributed by atoms with Crippen LogP contribution in [0.4, 0.5) is 0 Å². The second-order valence-corrected chi connectivity index (χ2v) is 6.96. The number of tetrazole rings is 1. The van der Waals surface area contributed by atoms with Crippen LogP contribution in [0.1, 0.15) is 32.7 Å². The molecule has 25 heavy (non-hydrogen) atoms. The summed E-state index contributed by atoms with van der Waals surface area (Å²) < 4.78 is 0. The summed E-state index contributed by atoms with van der Waals surface area (Å²) in [7, 11) is 0. The zero-order valence-electron chi connectivity index (χ0n) is 14.7. The summed E-state index contributed by atoms with van der Waals surface area (Å²) >= 11 is 0. The van der Waals surface area contributed by atoms with Gasteiger partial charge in [0, 0.05) is 25.3 Å². The van der Waals surface area contributed by atoms with Crippen molar-refractivity contribution in [2.45, 2.75) is 32.7 Å². The maximum Gasteiger partial charge on any atom is 0.249 e. The van der Waals surface area contributed by atoms with E-state index < -0.39 is 6.04 Å². The maximum absolute atomic E-state index is 13.1. The Morgan fingerprint density at radius 2 is 2.08 bits per heavy atom. The van der Waals surface area contributed by atoms with E-state index in [4.69, 9.17) is 0 Å². The van der Waals surface area contributed by atoms with E-state index in [2.05, 4.69) is 15.4 Å². The van der Waals surface area contributed by atoms with Crippen molar-refractivity contribution in [3.63, 3.8) is 0 Å². The van der Waals surface area contributed by atoms with Gasteiger partial charge in [0.2, 0.25) is 11.7 Å². The molecule has 7 nitrogen and oxygen atoms in total. The summed E-state index contributed by atoms with van der Waals surface area (Å²) in [5, 5.41) is 22.1. The monoisotopic (exact) mass is 343 g/mol. The number of hydrogen-bond donors (Lipinski definition) is 1. The molecule has 7 heteroatoms. The van der Waals surface area contributed by atoms with Gasteiger partial charge in [-0.05, 0) is 29.9 Å². The van der Waals surface area contributed by atoms with Gasteiger partial charge in [0.05, 0.1) is 0 Å². The summed E-state index contributed by atoms with van der Waals surface area (Å²) in [4.78, 5) is 16.3. The highest BCUT2D eigenvalue weighted by atomic mass is 16.3. The first kappa shape index (κ1) is 17.5. The second kappa shape index (κ2) is 7.74. The summed E-state index contributed by atoms with van der Waals surface area (Å²) in [6.07, 6.45) is 1.88. The number of likely N-dealkylation sites (tertiary alicyclic amines) is 1. The Balaban J connectivity index is 1.82. The molecule has 1 aromatic heterocycles. The number of rotatable bonds is 5. The van der Waals surface area contributed by atoms with Gasteiger partial charge in [0.1, 0.15) is 0 Å². The third kappa shape index (κ3) is 3.87. The highest BCUT2D eigenvalue weighted by Gasteiger charge is 2.33. The largest absolute Gasteiger partial charge is 0.396 e. The lowest BCUT2D eigenvalue weighted by Crippen LogP contribution is -2.46. The average molecular weight is 343 g/mol. The van der Waals surface area contributed by atoms with Gasteiger partial charge in [-0.25, -0.2) is 0 Å². The lowest BCUT2D eigenvalue weighted by atomic mass is 9.96. The highest BCUT2D eigenvalue weighted by molar-refractivity contribution is 5.80. The lowest BCUT2D eigenvalue weighted by Gasteiger charge is -2.34.